The molecule has 0 fully saturated rings. The van der Waals surface area contributed by atoms with Gasteiger partial charge in [-0.2, -0.15) is 0 Å². The van der Waals surface area contributed by atoms with Gasteiger partial charge in [-0.3, -0.25) is 19.7 Å². The fourth-order valence-electron chi connectivity index (χ4n) is 2.40. The van der Waals surface area contributed by atoms with Gasteiger partial charge in [0.05, 0.1) is 0 Å². The number of benzene rings is 2. The Morgan fingerprint density at radius 2 is 1.31 bits per heavy atom. The van der Waals surface area contributed by atoms with Crippen LogP contribution in [-0.4, -0.2) is 56.0 Å². The van der Waals surface area contributed by atoms with Crippen LogP contribution in [0.2, 0.25) is 0 Å². The molecule has 0 bridgehead atoms. The first-order chi connectivity index (χ1) is 16.9. The lowest BCUT2D eigenvalue weighted by Crippen LogP contribution is -2.59. The molecular weight excluding hydrogens is 538 g/mol. The minimum atomic E-state index is -1.73. The SMILES string of the molecule is BrCc1ccccc1.N[C@@H](CCC(=O)O)C(=O)O.N[C@](CCC(=O)O)(NCc1ccccc1)C(=O)O. The van der Waals surface area contributed by atoms with Gasteiger partial charge in [-0.25, -0.2) is 4.79 Å². The first-order valence-corrected chi connectivity index (χ1v) is 11.9. The van der Waals surface area contributed by atoms with Crippen LogP contribution >= 0.6 is 15.9 Å². The minimum Gasteiger partial charge on any atom is -0.481 e. The van der Waals surface area contributed by atoms with Crippen molar-refractivity contribution in [2.45, 2.75) is 49.3 Å². The van der Waals surface area contributed by atoms with Gasteiger partial charge in [0, 0.05) is 31.1 Å². The first-order valence-electron chi connectivity index (χ1n) is 10.7. The Balaban J connectivity index is 0.000000571. The summed E-state index contributed by atoms with van der Waals surface area (Å²) in [4.78, 5) is 41.4. The maximum atomic E-state index is 11.1. The Bertz CT molecular complexity index is 947. The van der Waals surface area contributed by atoms with Crippen LogP contribution in [0.3, 0.4) is 0 Å². The number of nitrogens with two attached hydrogens (primary N) is 2. The van der Waals surface area contributed by atoms with Crippen LogP contribution in [-0.2, 0) is 31.1 Å². The van der Waals surface area contributed by atoms with Crippen LogP contribution < -0.4 is 16.8 Å². The molecule has 2 aromatic carbocycles. The van der Waals surface area contributed by atoms with Crippen LogP contribution in [0.1, 0.15) is 36.8 Å². The van der Waals surface area contributed by atoms with Crippen LogP contribution in [0.15, 0.2) is 60.7 Å². The Morgan fingerprint density at radius 3 is 1.67 bits per heavy atom. The molecule has 36 heavy (non-hydrogen) atoms. The number of nitrogens with one attached hydrogen (secondary N) is 1. The topological polar surface area (TPSA) is 213 Å². The van der Waals surface area contributed by atoms with Gasteiger partial charge < -0.3 is 31.9 Å². The van der Waals surface area contributed by atoms with E-state index < -0.39 is 35.6 Å². The molecule has 9 N–H and O–H groups in total. The van der Waals surface area contributed by atoms with E-state index in [4.69, 9.17) is 31.9 Å². The van der Waals surface area contributed by atoms with Crippen LogP contribution in [0.4, 0.5) is 0 Å². The van der Waals surface area contributed by atoms with Crippen molar-refractivity contribution >= 4 is 39.8 Å². The zero-order chi connectivity index (χ0) is 27.6. The molecule has 0 aliphatic heterocycles. The van der Waals surface area contributed by atoms with Crippen molar-refractivity contribution in [2.24, 2.45) is 11.5 Å². The van der Waals surface area contributed by atoms with Gasteiger partial charge in [0.25, 0.3) is 0 Å². The zero-order valence-corrected chi connectivity index (χ0v) is 21.1. The molecule has 0 aliphatic carbocycles. The lowest BCUT2D eigenvalue weighted by Gasteiger charge is -2.25. The summed E-state index contributed by atoms with van der Waals surface area (Å²) >= 11 is 3.36. The quantitative estimate of drug-likeness (QED) is 0.145. The van der Waals surface area contributed by atoms with E-state index >= 15 is 0 Å². The predicted octanol–water partition coefficient (Wildman–Crippen LogP) is 2.23. The second-order valence-corrected chi connectivity index (χ2v) is 8.07. The van der Waals surface area contributed by atoms with Crippen molar-refractivity contribution in [3.05, 3.63) is 71.8 Å². The molecule has 12 heteroatoms. The van der Waals surface area contributed by atoms with E-state index in [0.717, 1.165) is 10.9 Å². The molecule has 0 radical (unpaired) electrons. The summed E-state index contributed by atoms with van der Waals surface area (Å²) in [5.74, 6) is -4.54. The van der Waals surface area contributed by atoms with E-state index in [9.17, 15) is 19.2 Å². The summed E-state index contributed by atoms with van der Waals surface area (Å²) in [5.41, 5.74) is 11.1. The highest BCUT2D eigenvalue weighted by atomic mass is 79.9. The van der Waals surface area contributed by atoms with E-state index in [1.807, 2.05) is 48.5 Å². The van der Waals surface area contributed by atoms with E-state index in [0.29, 0.717) is 0 Å². The molecule has 0 amide bonds. The summed E-state index contributed by atoms with van der Waals surface area (Å²) in [5, 5.41) is 37.5. The summed E-state index contributed by atoms with van der Waals surface area (Å²) < 4.78 is 0. The van der Waals surface area contributed by atoms with Crippen LogP contribution in [0.5, 0.6) is 0 Å². The summed E-state index contributed by atoms with van der Waals surface area (Å²) in [6, 6.07) is 18.4. The Labute approximate surface area is 217 Å². The van der Waals surface area contributed by atoms with E-state index in [-0.39, 0.29) is 32.2 Å². The number of alkyl halides is 1. The standard InChI is InChI=1S/C12H16N2O4.C7H7Br.C5H9NO4/c13-12(11(17)18,7-6-10(15)16)14-8-9-4-2-1-3-5-9;8-6-7-4-2-1-3-5-7;6-3(5(9)10)1-2-4(7)8/h1-5,14H,6-8,13H2,(H,15,16)(H,17,18);1-5H,6H2;3H,1-2,6H2,(H,7,8)(H,9,10)/t12-;;3-/m1.0/s1. The van der Waals surface area contributed by atoms with Crippen LogP contribution in [0, 0.1) is 0 Å². The smallest absolute Gasteiger partial charge is 0.338 e. The van der Waals surface area contributed by atoms with Crippen LogP contribution in [0.25, 0.3) is 0 Å². The number of hydrogen-bond acceptors (Lipinski definition) is 7. The number of carboxylic acid groups (broad SMARTS) is 4. The maximum Gasteiger partial charge on any atom is 0.338 e. The Hall–Kier alpha value is -3.32. The first kappa shape index (κ1) is 32.7. The number of carboxylic acids is 4. The van der Waals surface area contributed by atoms with E-state index in [1.165, 1.54) is 5.56 Å². The molecule has 0 saturated carbocycles. The Morgan fingerprint density at radius 1 is 0.833 bits per heavy atom. The van der Waals surface area contributed by atoms with Crippen molar-refractivity contribution < 1.29 is 39.6 Å². The summed E-state index contributed by atoms with van der Waals surface area (Å²) in [7, 11) is 0. The van der Waals surface area contributed by atoms with Crippen molar-refractivity contribution in [1.29, 1.82) is 0 Å². The van der Waals surface area contributed by atoms with E-state index in [2.05, 4.69) is 33.4 Å². The average Bonchev–Trinajstić information content (AvgIpc) is 2.86. The minimum absolute atomic E-state index is 0.0231. The van der Waals surface area contributed by atoms with Gasteiger partial charge in [0.15, 0.2) is 5.66 Å². The number of carbonyl (C=O) groups is 4. The van der Waals surface area contributed by atoms with Crippen molar-refractivity contribution in [2.75, 3.05) is 0 Å². The van der Waals surface area contributed by atoms with Crippen molar-refractivity contribution in [1.82, 2.24) is 5.32 Å². The molecule has 198 valence electrons. The number of halogens is 1. The second kappa shape index (κ2) is 18.0. The van der Waals surface area contributed by atoms with E-state index in [1.54, 1.807) is 0 Å². The lowest BCUT2D eigenvalue weighted by molar-refractivity contribution is -0.146. The molecular formula is C24H32BrN3O8. The fraction of sp³-hybridized carbons (Fsp3) is 0.333. The van der Waals surface area contributed by atoms with Gasteiger partial charge in [-0.1, -0.05) is 76.6 Å². The molecule has 0 aliphatic rings. The largest absolute Gasteiger partial charge is 0.481 e. The molecule has 0 saturated heterocycles. The van der Waals surface area contributed by atoms with Crippen molar-refractivity contribution in [3.8, 4) is 0 Å². The second-order valence-electron chi connectivity index (χ2n) is 7.51. The van der Waals surface area contributed by atoms with Gasteiger partial charge in [0.2, 0.25) is 0 Å². The predicted molar refractivity (Wildman–Crippen MR) is 136 cm³/mol. The molecule has 0 spiro atoms. The number of hydrogen-bond donors (Lipinski definition) is 7. The molecule has 2 aromatic rings. The number of aliphatic carboxylic acids is 4. The average molecular weight is 570 g/mol. The molecule has 2 atom stereocenters. The van der Waals surface area contributed by atoms with Gasteiger partial charge >= 0.3 is 23.9 Å². The monoisotopic (exact) mass is 569 g/mol. The highest BCUT2D eigenvalue weighted by molar-refractivity contribution is 9.08. The third-order valence-electron chi connectivity index (χ3n) is 4.55. The number of rotatable bonds is 12. The van der Waals surface area contributed by atoms with Gasteiger partial charge in [-0.05, 0) is 17.5 Å². The summed E-state index contributed by atoms with van der Waals surface area (Å²) in [6.45, 7) is 0.267. The van der Waals surface area contributed by atoms with Crippen molar-refractivity contribution in [3.63, 3.8) is 0 Å². The Kier molecular flexibility index (Phi) is 16.4. The molecule has 2 rings (SSSR count). The maximum absolute atomic E-state index is 11.1. The third-order valence-corrected chi connectivity index (χ3v) is 5.20. The molecule has 0 unspecified atom stereocenters. The molecule has 0 heterocycles. The normalized spacial score (nSPS) is 12.4. The highest BCUT2D eigenvalue weighted by Crippen LogP contribution is 2.09. The van der Waals surface area contributed by atoms with Gasteiger partial charge in [-0.15, -0.1) is 0 Å². The zero-order valence-electron chi connectivity index (χ0n) is 19.5. The summed E-state index contributed by atoms with van der Waals surface area (Å²) in [6.07, 6.45) is -0.701. The molecule has 0 aromatic heterocycles. The molecule has 11 nitrogen and oxygen atoms in total. The highest BCUT2D eigenvalue weighted by Gasteiger charge is 2.33. The fourth-order valence-corrected chi connectivity index (χ4v) is 2.77. The lowest BCUT2D eigenvalue weighted by atomic mass is 10.0. The third kappa shape index (κ3) is 15.6. The van der Waals surface area contributed by atoms with Gasteiger partial charge in [0.1, 0.15) is 6.04 Å².